The second-order valence-corrected chi connectivity index (χ2v) is 4.77. The Morgan fingerprint density at radius 1 is 1.22 bits per heavy atom. The van der Waals surface area contributed by atoms with E-state index in [0.29, 0.717) is 0 Å². The highest BCUT2D eigenvalue weighted by atomic mass is 16.7. The first-order chi connectivity index (χ1) is 10.9. The van der Waals surface area contributed by atoms with Crippen molar-refractivity contribution in [3.63, 3.8) is 0 Å². The minimum absolute atomic E-state index is 0.0234. The van der Waals surface area contributed by atoms with Gasteiger partial charge in [-0.25, -0.2) is 0 Å². The quantitative estimate of drug-likeness (QED) is 0.225. The fourth-order valence-electron chi connectivity index (χ4n) is 2.21. The smallest absolute Gasteiger partial charge is 0.305 e. The minimum atomic E-state index is -1.20. The van der Waals surface area contributed by atoms with E-state index < -0.39 is 42.4 Å². The summed E-state index contributed by atoms with van der Waals surface area (Å²) in [6.07, 6.45) is -2.82. The van der Waals surface area contributed by atoms with Gasteiger partial charge in [-0.05, 0) is 18.9 Å². The molecule has 0 aromatic carbocycles. The predicted octanol–water partition coefficient (Wildman–Crippen LogP) is 1.23. The van der Waals surface area contributed by atoms with Gasteiger partial charge in [-0.3, -0.25) is 14.4 Å². The molecule has 1 heterocycles. The zero-order chi connectivity index (χ0) is 17.4. The second-order valence-electron chi connectivity index (χ2n) is 4.77. The molecule has 0 N–H and O–H groups in total. The Bertz CT molecular complexity index is 504. The van der Waals surface area contributed by atoms with Gasteiger partial charge in [0, 0.05) is 25.2 Å². The van der Waals surface area contributed by atoms with Gasteiger partial charge in [0.05, 0.1) is 12.7 Å². The van der Waals surface area contributed by atoms with Crippen molar-refractivity contribution in [1.29, 1.82) is 0 Å². The number of hydrogen-bond acceptors (Lipinski definition) is 8. The summed E-state index contributed by atoms with van der Waals surface area (Å²) in [4.78, 5) is 36.5. The topological polar surface area (TPSA) is 137 Å². The van der Waals surface area contributed by atoms with Crippen molar-refractivity contribution in [2.75, 3.05) is 6.61 Å². The zero-order valence-electron chi connectivity index (χ0n) is 13.1. The average molecular weight is 329 g/mol. The Labute approximate surface area is 132 Å². The molecule has 1 rings (SSSR count). The van der Waals surface area contributed by atoms with Crippen molar-refractivity contribution >= 4 is 17.9 Å². The Kier molecular flexibility index (Phi) is 7.30. The van der Waals surface area contributed by atoms with E-state index >= 15 is 0 Å². The molecule has 4 atom stereocenters. The summed E-state index contributed by atoms with van der Waals surface area (Å²) < 4.78 is 20.3. The van der Waals surface area contributed by atoms with Gasteiger partial charge in [0.25, 0.3) is 0 Å². The van der Waals surface area contributed by atoms with Gasteiger partial charge in [-0.1, -0.05) is 5.11 Å². The van der Waals surface area contributed by atoms with Crippen LogP contribution >= 0.6 is 0 Å². The van der Waals surface area contributed by atoms with Crippen LogP contribution in [0.3, 0.4) is 0 Å². The van der Waals surface area contributed by atoms with Crippen LogP contribution in [0.5, 0.6) is 0 Å². The average Bonchev–Trinajstić information content (AvgIpc) is 2.74. The second kappa shape index (κ2) is 8.96. The highest BCUT2D eigenvalue weighted by Crippen LogP contribution is 2.30. The van der Waals surface area contributed by atoms with Gasteiger partial charge in [0.1, 0.15) is 6.04 Å². The highest BCUT2D eigenvalue weighted by molar-refractivity contribution is 5.69. The predicted molar refractivity (Wildman–Crippen MR) is 74.8 cm³/mol. The summed E-state index contributed by atoms with van der Waals surface area (Å²) in [5.41, 5.74) is 8.69. The molecule has 0 spiro atoms. The monoisotopic (exact) mass is 329 g/mol. The lowest BCUT2D eigenvalue weighted by molar-refractivity contribution is -0.194. The third-order valence-corrected chi connectivity index (χ3v) is 3.00. The molecule has 10 nitrogen and oxygen atoms in total. The number of carbonyl (C=O) groups is 3. The van der Waals surface area contributed by atoms with E-state index in [2.05, 4.69) is 10.0 Å². The zero-order valence-corrected chi connectivity index (χ0v) is 13.1. The molecule has 128 valence electrons. The van der Waals surface area contributed by atoms with Crippen molar-refractivity contribution in [3.05, 3.63) is 10.4 Å². The molecule has 0 aromatic rings. The van der Waals surface area contributed by atoms with Crippen molar-refractivity contribution in [2.45, 2.75) is 58.2 Å². The van der Waals surface area contributed by atoms with Gasteiger partial charge in [0.2, 0.25) is 6.29 Å². The van der Waals surface area contributed by atoms with Crippen LogP contribution in [0.2, 0.25) is 0 Å². The number of azide groups is 1. The maximum atomic E-state index is 11.4. The summed E-state index contributed by atoms with van der Waals surface area (Å²) >= 11 is 0. The van der Waals surface area contributed by atoms with Crippen molar-refractivity contribution in [1.82, 2.24) is 0 Å². The number of carbonyl (C=O) groups excluding carboxylic acids is 3. The van der Waals surface area contributed by atoms with Gasteiger partial charge in [-0.2, -0.15) is 0 Å². The molecule has 0 amide bonds. The van der Waals surface area contributed by atoms with Crippen LogP contribution in [0.4, 0.5) is 0 Å². The Morgan fingerprint density at radius 3 is 2.39 bits per heavy atom. The summed E-state index contributed by atoms with van der Waals surface area (Å²) in [6.45, 7) is 4.27. The van der Waals surface area contributed by atoms with Gasteiger partial charge in [0.15, 0.2) is 6.10 Å². The minimum Gasteiger partial charge on any atom is -0.466 e. The van der Waals surface area contributed by atoms with Crippen LogP contribution in [0, 0.1) is 0 Å². The van der Waals surface area contributed by atoms with Gasteiger partial charge >= 0.3 is 17.9 Å². The first-order valence-corrected chi connectivity index (χ1v) is 7.08. The molecule has 0 radical (unpaired) electrons. The molecular weight excluding hydrogens is 310 g/mol. The molecule has 1 aliphatic heterocycles. The Morgan fingerprint density at radius 2 is 1.87 bits per heavy atom. The van der Waals surface area contributed by atoms with E-state index in [1.54, 1.807) is 6.92 Å². The fourth-order valence-corrected chi connectivity index (χ4v) is 2.21. The summed E-state index contributed by atoms with van der Waals surface area (Å²) in [6, 6.07) is -0.914. The van der Waals surface area contributed by atoms with E-state index in [4.69, 9.17) is 24.5 Å². The first kappa shape index (κ1) is 18.7. The number of rotatable bonds is 7. The van der Waals surface area contributed by atoms with Crippen LogP contribution < -0.4 is 0 Å². The standard InChI is InChI=1S/C13H19N3O7/c1-4-20-10(19)6-5-9-11(15-16-14)12(21-7(2)17)13(23-9)22-8(3)18/h9,11-13H,4-6H2,1-3H3/t9-,11-,12-,13+/m1/s1. The number of ether oxygens (including phenoxy) is 4. The molecule has 0 aliphatic carbocycles. The van der Waals surface area contributed by atoms with Crippen molar-refractivity contribution in [3.8, 4) is 0 Å². The largest absolute Gasteiger partial charge is 0.466 e. The molecule has 1 aliphatic rings. The lowest BCUT2D eigenvalue weighted by Crippen LogP contribution is -2.37. The molecule has 0 bridgehead atoms. The van der Waals surface area contributed by atoms with E-state index in [1.807, 2.05) is 0 Å². The summed E-state index contributed by atoms with van der Waals surface area (Å²) in [5, 5.41) is 3.56. The van der Waals surface area contributed by atoms with Gasteiger partial charge < -0.3 is 18.9 Å². The number of hydrogen-bond donors (Lipinski definition) is 0. The Balaban J connectivity index is 2.86. The van der Waals surface area contributed by atoms with Crippen molar-refractivity contribution in [2.24, 2.45) is 5.11 Å². The molecule has 23 heavy (non-hydrogen) atoms. The SMILES string of the molecule is CCOC(=O)CC[C@H]1O[C@H](OC(C)=O)[C@H](OC(C)=O)[C@@H]1N=[N+]=[N-]. The maximum Gasteiger partial charge on any atom is 0.305 e. The van der Waals surface area contributed by atoms with E-state index in [9.17, 15) is 14.4 Å². The third kappa shape index (κ3) is 5.76. The normalized spacial score (nSPS) is 26.0. The molecule has 0 aromatic heterocycles. The number of esters is 3. The third-order valence-electron chi connectivity index (χ3n) is 3.00. The van der Waals surface area contributed by atoms with Crippen LogP contribution in [0.25, 0.3) is 10.4 Å². The highest BCUT2D eigenvalue weighted by Gasteiger charge is 2.48. The van der Waals surface area contributed by atoms with Crippen LogP contribution in [0.1, 0.15) is 33.6 Å². The Hall–Kier alpha value is -2.32. The summed E-state index contributed by atoms with van der Waals surface area (Å²) in [7, 11) is 0. The van der Waals surface area contributed by atoms with Gasteiger partial charge in [-0.15, -0.1) is 0 Å². The lowest BCUT2D eigenvalue weighted by atomic mass is 10.0. The van der Waals surface area contributed by atoms with E-state index in [-0.39, 0.29) is 19.4 Å². The van der Waals surface area contributed by atoms with E-state index in [0.717, 1.165) is 0 Å². The fraction of sp³-hybridized carbons (Fsp3) is 0.769. The van der Waals surface area contributed by atoms with Crippen molar-refractivity contribution < 1.29 is 33.3 Å². The first-order valence-electron chi connectivity index (χ1n) is 7.08. The molecule has 1 saturated heterocycles. The molecular formula is C13H19N3O7. The van der Waals surface area contributed by atoms with Crippen LogP contribution in [0.15, 0.2) is 5.11 Å². The summed E-state index contributed by atoms with van der Waals surface area (Å²) in [5.74, 6) is -1.71. The molecule has 1 fully saturated rings. The maximum absolute atomic E-state index is 11.4. The lowest BCUT2D eigenvalue weighted by Gasteiger charge is -2.19. The number of nitrogens with zero attached hydrogens (tertiary/aromatic N) is 3. The van der Waals surface area contributed by atoms with Crippen LogP contribution in [-0.2, 0) is 33.3 Å². The van der Waals surface area contributed by atoms with Crippen LogP contribution in [-0.4, -0.2) is 49.1 Å². The van der Waals surface area contributed by atoms with E-state index in [1.165, 1.54) is 13.8 Å². The molecule has 10 heteroatoms. The molecule has 0 saturated carbocycles. The molecule has 0 unspecified atom stereocenters.